The number of esters is 1. The molecule has 6 heteroatoms. The fourth-order valence-corrected chi connectivity index (χ4v) is 2.32. The van der Waals surface area contributed by atoms with Crippen molar-refractivity contribution in [2.24, 2.45) is 0 Å². The van der Waals surface area contributed by atoms with Crippen LogP contribution in [0.1, 0.15) is 22.2 Å². The van der Waals surface area contributed by atoms with Gasteiger partial charge in [-0.3, -0.25) is 4.79 Å². The number of nitrogens with one attached hydrogen (secondary N) is 2. The minimum Gasteiger partial charge on any atom is -0.465 e. The predicted octanol–water partition coefficient (Wildman–Crippen LogP) is 1.73. The normalized spacial score (nSPS) is 9.94. The molecule has 0 unspecified atom stereocenters. The maximum atomic E-state index is 11.4. The third-order valence-corrected chi connectivity index (χ3v) is 3.49. The van der Waals surface area contributed by atoms with Gasteiger partial charge in [-0.1, -0.05) is 0 Å². The molecule has 1 rings (SSSR count). The van der Waals surface area contributed by atoms with Crippen LogP contribution in [0.25, 0.3) is 0 Å². The van der Waals surface area contributed by atoms with Crippen molar-refractivity contribution in [1.29, 1.82) is 0 Å². The van der Waals surface area contributed by atoms with Gasteiger partial charge in [-0.05, 0) is 32.4 Å². The van der Waals surface area contributed by atoms with Crippen molar-refractivity contribution < 1.29 is 14.3 Å². The second kappa shape index (κ2) is 7.00. The summed E-state index contributed by atoms with van der Waals surface area (Å²) in [5.41, 5.74) is 1.23. The number of hydrogen-bond donors (Lipinski definition) is 2. The van der Waals surface area contributed by atoms with E-state index in [1.54, 1.807) is 18.3 Å². The Labute approximate surface area is 111 Å². The standard InChI is InChI=1S/C12H18N2O3S/c1-4-17-11(15)7-14-12(16)13-6-10-5-8(2)9(3)18-10/h5H,4,6-7H2,1-3H3,(H2,13,14,16). The first kappa shape index (κ1) is 14.5. The van der Waals surface area contributed by atoms with Crippen molar-refractivity contribution in [3.05, 3.63) is 21.4 Å². The molecule has 5 nitrogen and oxygen atoms in total. The van der Waals surface area contributed by atoms with E-state index in [4.69, 9.17) is 4.74 Å². The van der Waals surface area contributed by atoms with Crippen LogP contribution in [-0.4, -0.2) is 25.2 Å². The molecule has 2 N–H and O–H groups in total. The van der Waals surface area contributed by atoms with E-state index in [1.807, 2.05) is 19.9 Å². The average Bonchev–Trinajstić information content (AvgIpc) is 2.64. The average molecular weight is 270 g/mol. The van der Waals surface area contributed by atoms with Gasteiger partial charge in [0.05, 0.1) is 13.2 Å². The SMILES string of the molecule is CCOC(=O)CNC(=O)NCc1cc(C)c(C)s1. The van der Waals surface area contributed by atoms with Crippen LogP contribution in [0.5, 0.6) is 0 Å². The quantitative estimate of drug-likeness (QED) is 0.801. The molecule has 0 saturated heterocycles. The number of carbonyl (C=O) groups excluding carboxylic acids is 2. The van der Waals surface area contributed by atoms with Crippen LogP contribution in [0.2, 0.25) is 0 Å². The highest BCUT2D eigenvalue weighted by molar-refractivity contribution is 7.12. The predicted molar refractivity (Wildman–Crippen MR) is 70.7 cm³/mol. The highest BCUT2D eigenvalue weighted by atomic mass is 32.1. The van der Waals surface area contributed by atoms with Gasteiger partial charge in [0, 0.05) is 9.75 Å². The number of urea groups is 1. The summed E-state index contributed by atoms with van der Waals surface area (Å²) in [4.78, 5) is 24.7. The van der Waals surface area contributed by atoms with E-state index in [2.05, 4.69) is 10.6 Å². The minimum absolute atomic E-state index is 0.109. The molecule has 0 aliphatic heterocycles. The van der Waals surface area contributed by atoms with Crippen LogP contribution in [0.15, 0.2) is 6.07 Å². The second-order valence-corrected chi connectivity index (χ2v) is 5.13. The number of aryl methyl sites for hydroxylation is 2. The molecule has 0 bridgehead atoms. The molecule has 0 fully saturated rings. The van der Waals surface area contributed by atoms with Gasteiger partial charge in [-0.15, -0.1) is 11.3 Å². The first-order chi connectivity index (χ1) is 8.52. The monoisotopic (exact) mass is 270 g/mol. The van der Waals surface area contributed by atoms with Crippen molar-refractivity contribution in [2.75, 3.05) is 13.2 Å². The van der Waals surface area contributed by atoms with Gasteiger partial charge in [0.15, 0.2) is 0 Å². The van der Waals surface area contributed by atoms with Crippen molar-refractivity contribution in [3.63, 3.8) is 0 Å². The molecular weight excluding hydrogens is 252 g/mol. The van der Waals surface area contributed by atoms with E-state index in [1.165, 1.54) is 10.4 Å². The van der Waals surface area contributed by atoms with Gasteiger partial charge >= 0.3 is 12.0 Å². The van der Waals surface area contributed by atoms with Gasteiger partial charge in [0.2, 0.25) is 0 Å². The van der Waals surface area contributed by atoms with Crippen LogP contribution < -0.4 is 10.6 Å². The molecule has 0 radical (unpaired) electrons. The summed E-state index contributed by atoms with van der Waals surface area (Å²) in [6.45, 7) is 6.48. The topological polar surface area (TPSA) is 67.4 Å². The Morgan fingerprint density at radius 1 is 1.33 bits per heavy atom. The fraction of sp³-hybridized carbons (Fsp3) is 0.500. The summed E-state index contributed by atoms with van der Waals surface area (Å²) in [6.07, 6.45) is 0. The third-order valence-electron chi connectivity index (χ3n) is 2.34. The van der Waals surface area contributed by atoms with E-state index in [-0.39, 0.29) is 12.6 Å². The zero-order chi connectivity index (χ0) is 13.5. The zero-order valence-corrected chi connectivity index (χ0v) is 11.6. The molecule has 100 valence electrons. The summed E-state index contributed by atoms with van der Waals surface area (Å²) in [5, 5.41) is 5.13. The Morgan fingerprint density at radius 2 is 2.06 bits per heavy atom. The molecule has 2 amide bonds. The first-order valence-corrected chi connectivity index (χ1v) is 6.57. The highest BCUT2D eigenvalue weighted by Crippen LogP contribution is 2.19. The Hall–Kier alpha value is -1.56. The van der Waals surface area contributed by atoms with Crippen molar-refractivity contribution in [3.8, 4) is 0 Å². The number of amides is 2. The van der Waals surface area contributed by atoms with Crippen LogP contribution in [-0.2, 0) is 16.1 Å². The molecule has 0 aliphatic rings. The van der Waals surface area contributed by atoms with Gasteiger partial charge < -0.3 is 15.4 Å². The summed E-state index contributed by atoms with van der Waals surface area (Å²) in [5.74, 6) is -0.435. The molecule has 18 heavy (non-hydrogen) atoms. The fourth-order valence-electron chi connectivity index (χ4n) is 1.33. The van der Waals surface area contributed by atoms with E-state index < -0.39 is 5.97 Å². The van der Waals surface area contributed by atoms with Crippen molar-refractivity contribution in [2.45, 2.75) is 27.3 Å². The number of hydrogen-bond acceptors (Lipinski definition) is 4. The van der Waals surface area contributed by atoms with Crippen molar-refractivity contribution >= 4 is 23.3 Å². The Balaban J connectivity index is 2.27. The van der Waals surface area contributed by atoms with E-state index >= 15 is 0 Å². The van der Waals surface area contributed by atoms with Gasteiger partial charge in [0.1, 0.15) is 6.54 Å². The smallest absolute Gasteiger partial charge is 0.325 e. The number of thiophene rings is 1. The maximum Gasteiger partial charge on any atom is 0.325 e. The molecule has 1 heterocycles. The highest BCUT2D eigenvalue weighted by Gasteiger charge is 2.06. The molecule has 0 aliphatic carbocycles. The molecule has 0 saturated carbocycles. The van der Waals surface area contributed by atoms with E-state index in [0.29, 0.717) is 13.2 Å². The number of ether oxygens (including phenoxy) is 1. The summed E-state index contributed by atoms with van der Waals surface area (Å²) in [6, 6.07) is 1.68. The van der Waals surface area contributed by atoms with E-state index in [9.17, 15) is 9.59 Å². The van der Waals surface area contributed by atoms with Gasteiger partial charge in [0.25, 0.3) is 0 Å². The molecule has 0 atom stereocenters. The molecule has 1 aromatic heterocycles. The summed E-state index contributed by atoms with van der Waals surface area (Å²) in [7, 11) is 0. The van der Waals surface area contributed by atoms with E-state index in [0.717, 1.165) is 4.88 Å². The molecule has 0 spiro atoms. The van der Waals surface area contributed by atoms with Crippen LogP contribution >= 0.6 is 11.3 Å². The number of carbonyl (C=O) groups is 2. The van der Waals surface area contributed by atoms with Crippen LogP contribution in [0.4, 0.5) is 4.79 Å². The Morgan fingerprint density at radius 3 is 2.61 bits per heavy atom. The largest absolute Gasteiger partial charge is 0.465 e. The lowest BCUT2D eigenvalue weighted by Gasteiger charge is -2.06. The number of rotatable bonds is 5. The second-order valence-electron chi connectivity index (χ2n) is 3.79. The van der Waals surface area contributed by atoms with Gasteiger partial charge in [-0.25, -0.2) is 4.79 Å². The third kappa shape index (κ3) is 4.75. The Kier molecular flexibility index (Phi) is 5.64. The minimum atomic E-state index is -0.435. The molecular formula is C12H18N2O3S. The lowest BCUT2D eigenvalue weighted by atomic mass is 10.3. The molecule has 1 aromatic rings. The molecule has 0 aromatic carbocycles. The summed E-state index contributed by atoms with van der Waals surface area (Å²) >= 11 is 1.65. The first-order valence-electron chi connectivity index (χ1n) is 5.76. The summed E-state index contributed by atoms with van der Waals surface area (Å²) < 4.78 is 4.69. The van der Waals surface area contributed by atoms with Crippen LogP contribution in [0.3, 0.4) is 0 Å². The lowest BCUT2D eigenvalue weighted by molar-refractivity contribution is -0.141. The van der Waals surface area contributed by atoms with Crippen molar-refractivity contribution in [1.82, 2.24) is 10.6 Å². The maximum absolute atomic E-state index is 11.4. The zero-order valence-electron chi connectivity index (χ0n) is 10.8. The Bertz CT molecular complexity index is 409. The van der Waals surface area contributed by atoms with Crippen LogP contribution in [0, 0.1) is 13.8 Å². The lowest BCUT2D eigenvalue weighted by Crippen LogP contribution is -2.38. The van der Waals surface area contributed by atoms with Gasteiger partial charge in [-0.2, -0.15) is 0 Å².